The lowest BCUT2D eigenvalue weighted by Crippen LogP contribution is -2.42. The number of aromatic nitrogens is 1. The fourth-order valence-electron chi connectivity index (χ4n) is 5.89. The standard InChI is InChI=1S/C35H42F5N3O5/c1-18(2)11-27(43-17-22(9-10-42(6)7)30(35(38,39)40)32(37)34(43)47)33(46)41-26(16-28(44)45)25-15-23(12-21(5)31(25)36)29-19(3)13-24(48-8)14-20(29)4/h12-15,17-18,26-27H,9-11,16H2,1-8H3,(H,41,46)(H,44,45)/t26-,27?/m0/s1. The molecule has 0 saturated carbocycles. The molecular weight excluding hydrogens is 637 g/mol. The van der Waals surface area contributed by atoms with Gasteiger partial charge in [-0.1, -0.05) is 13.8 Å². The Morgan fingerprint density at radius 1 is 1.00 bits per heavy atom. The molecule has 2 atom stereocenters. The van der Waals surface area contributed by atoms with Gasteiger partial charge in [-0.15, -0.1) is 0 Å². The Kier molecular flexibility index (Phi) is 12.2. The van der Waals surface area contributed by atoms with Crippen LogP contribution >= 0.6 is 0 Å². The summed E-state index contributed by atoms with van der Waals surface area (Å²) in [7, 11) is 4.76. The van der Waals surface area contributed by atoms with Crippen LogP contribution < -0.4 is 15.6 Å². The number of benzene rings is 2. The second kappa shape index (κ2) is 15.3. The number of aliphatic carboxylic acids is 1. The van der Waals surface area contributed by atoms with Crippen LogP contribution in [0, 0.1) is 38.3 Å². The Labute approximate surface area is 276 Å². The first-order valence-electron chi connectivity index (χ1n) is 15.4. The van der Waals surface area contributed by atoms with Gasteiger partial charge in [0.2, 0.25) is 11.7 Å². The summed E-state index contributed by atoms with van der Waals surface area (Å²) in [5, 5.41) is 12.3. The fourth-order valence-corrected chi connectivity index (χ4v) is 5.89. The van der Waals surface area contributed by atoms with Gasteiger partial charge in [-0.25, -0.2) is 8.78 Å². The summed E-state index contributed by atoms with van der Waals surface area (Å²) < 4.78 is 78.8. The van der Waals surface area contributed by atoms with Gasteiger partial charge in [0.05, 0.1) is 19.6 Å². The molecule has 0 saturated heterocycles. The molecular formula is C35H42F5N3O5. The van der Waals surface area contributed by atoms with Crippen molar-refractivity contribution in [3.05, 3.63) is 85.8 Å². The normalized spacial score (nSPS) is 13.1. The summed E-state index contributed by atoms with van der Waals surface area (Å²) in [6.45, 7) is 8.65. The highest BCUT2D eigenvalue weighted by molar-refractivity contribution is 5.82. The summed E-state index contributed by atoms with van der Waals surface area (Å²) in [6, 6.07) is 3.64. The second-order valence-electron chi connectivity index (χ2n) is 12.7. The lowest BCUT2D eigenvalue weighted by atomic mass is 9.90. The highest BCUT2D eigenvalue weighted by Crippen LogP contribution is 2.36. The minimum absolute atomic E-state index is 0.0879. The number of carboxylic acid groups (broad SMARTS) is 1. The first kappa shape index (κ1) is 38.2. The molecule has 3 aromatic rings. The number of hydrogen-bond acceptors (Lipinski definition) is 5. The highest BCUT2D eigenvalue weighted by Gasteiger charge is 2.40. The predicted octanol–water partition coefficient (Wildman–Crippen LogP) is 6.77. The van der Waals surface area contributed by atoms with Crippen molar-refractivity contribution in [2.45, 2.75) is 72.1 Å². The molecule has 48 heavy (non-hydrogen) atoms. The summed E-state index contributed by atoms with van der Waals surface area (Å²) in [4.78, 5) is 40.7. The smallest absolute Gasteiger partial charge is 0.419 e. The van der Waals surface area contributed by atoms with Gasteiger partial charge in [0, 0.05) is 18.3 Å². The maximum Gasteiger partial charge on any atom is 0.419 e. The third-order valence-electron chi connectivity index (χ3n) is 8.09. The molecule has 0 aliphatic heterocycles. The number of alkyl halides is 3. The van der Waals surface area contributed by atoms with Crippen LogP contribution in [0.25, 0.3) is 11.1 Å². The fraction of sp³-hybridized carbons (Fsp3) is 0.457. The number of nitrogens with one attached hydrogen (secondary N) is 1. The molecule has 13 heteroatoms. The third kappa shape index (κ3) is 8.80. The van der Waals surface area contributed by atoms with Crippen LogP contribution in [0.15, 0.2) is 35.3 Å². The third-order valence-corrected chi connectivity index (χ3v) is 8.09. The Morgan fingerprint density at radius 3 is 2.10 bits per heavy atom. The number of hydrogen-bond donors (Lipinski definition) is 2. The van der Waals surface area contributed by atoms with Crippen LogP contribution in [0.2, 0.25) is 0 Å². The maximum atomic E-state index is 15.8. The quantitative estimate of drug-likeness (QED) is 0.194. The number of methoxy groups -OCH3 is 1. The van der Waals surface area contributed by atoms with E-state index in [4.69, 9.17) is 4.74 Å². The molecule has 1 amide bonds. The molecule has 0 aliphatic carbocycles. The number of ether oxygens (including phenoxy) is 1. The zero-order valence-corrected chi connectivity index (χ0v) is 28.3. The van der Waals surface area contributed by atoms with E-state index in [0.29, 0.717) is 15.9 Å². The van der Waals surface area contributed by atoms with Crippen LogP contribution in [-0.4, -0.2) is 54.2 Å². The molecule has 1 heterocycles. The molecule has 2 aromatic carbocycles. The number of aryl methyl sites for hydroxylation is 3. The molecule has 3 rings (SSSR count). The molecule has 262 valence electrons. The van der Waals surface area contributed by atoms with Gasteiger partial charge in [0.25, 0.3) is 5.56 Å². The molecule has 0 aliphatic rings. The van der Waals surface area contributed by atoms with Crippen LogP contribution in [0.1, 0.15) is 72.2 Å². The van der Waals surface area contributed by atoms with Crippen molar-refractivity contribution >= 4 is 11.9 Å². The van der Waals surface area contributed by atoms with E-state index in [1.165, 1.54) is 20.1 Å². The Bertz CT molecular complexity index is 1710. The number of nitrogens with zero attached hydrogens (tertiary/aromatic N) is 2. The number of carbonyl (C=O) groups is 2. The Balaban J connectivity index is 2.19. The van der Waals surface area contributed by atoms with E-state index in [9.17, 15) is 32.7 Å². The molecule has 0 fully saturated rings. The largest absolute Gasteiger partial charge is 0.497 e. The van der Waals surface area contributed by atoms with Crippen molar-refractivity contribution in [2.75, 3.05) is 27.7 Å². The number of carboxylic acids is 1. The molecule has 1 unspecified atom stereocenters. The van der Waals surface area contributed by atoms with Crippen LogP contribution in [0.3, 0.4) is 0 Å². The van der Waals surface area contributed by atoms with Gasteiger partial charge in [-0.2, -0.15) is 13.2 Å². The molecule has 0 radical (unpaired) electrons. The van der Waals surface area contributed by atoms with Crippen molar-refractivity contribution in [3.63, 3.8) is 0 Å². The summed E-state index contributed by atoms with van der Waals surface area (Å²) >= 11 is 0. The molecule has 0 bridgehead atoms. The van der Waals surface area contributed by atoms with Crippen molar-refractivity contribution < 1.29 is 41.4 Å². The minimum Gasteiger partial charge on any atom is -0.497 e. The number of halogens is 5. The van der Waals surface area contributed by atoms with Crippen LogP contribution in [0.5, 0.6) is 5.75 Å². The predicted molar refractivity (Wildman–Crippen MR) is 172 cm³/mol. The maximum absolute atomic E-state index is 15.8. The summed E-state index contributed by atoms with van der Waals surface area (Å²) in [5.74, 6) is -4.86. The van der Waals surface area contributed by atoms with E-state index >= 15 is 8.78 Å². The van der Waals surface area contributed by atoms with Crippen molar-refractivity contribution in [1.82, 2.24) is 14.8 Å². The number of carbonyl (C=O) groups excluding carboxylic acids is 1. The molecule has 0 spiro atoms. The van der Waals surface area contributed by atoms with Crippen LogP contribution in [-0.2, 0) is 22.2 Å². The monoisotopic (exact) mass is 679 g/mol. The summed E-state index contributed by atoms with van der Waals surface area (Å²) in [5.41, 5.74) is -0.939. The first-order valence-corrected chi connectivity index (χ1v) is 15.4. The van der Waals surface area contributed by atoms with E-state index in [1.54, 1.807) is 51.0 Å². The van der Waals surface area contributed by atoms with Gasteiger partial charge >= 0.3 is 12.1 Å². The number of amides is 1. The number of pyridine rings is 1. The van der Waals surface area contributed by atoms with E-state index in [1.807, 2.05) is 13.8 Å². The molecule has 2 N–H and O–H groups in total. The summed E-state index contributed by atoms with van der Waals surface area (Å²) in [6.07, 6.45) is -5.48. The Morgan fingerprint density at radius 2 is 1.60 bits per heavy atom. The zero-order chi connectivity index (χ0) is 36.2. The van der Waals surface area contributed by atoms with E-state index < -0.39 is 64.9 Å². The topological polar surface area (TPSA) is 101 Å². The van der Waals surface area contributed by atoms with Gasteiger partial charge in [-0.05, 0) is 111 Å². The minimum atomic E-state index is -5.17. The van der Waals surface area contributed by atoms with E-state index in [-0.39, 0.29) is 36.4 Å². The number of rotatable bonds is 13. The first-order chi connectivity index (χ1) is 22.3. The van der Waals surface area contributed by atoms with Gasteiger partial charge in [-0.3, -0.25) is 14.4 Å². The lowest BCUT2D eigenvalue weighted by molar-refractivity contribution is -0.141. The lowest BCUT2D eigenvalue weighted by Gasteiger charge is -2.27. The van der Waals surface area contributed by atoms with Crippen molar-refractivity contribution in [2.24, 2.45) is 5.92 Å². The average Bonchev–Trinajstić information content (AvgIpc) is 2.96. The second-order valence-corrected chi connectivity index (χ2v) is 12.7. The SMILES string of the molecule is COc1cc(C)c(-c2cc(C)c(F)c([C@H](CC(=O)O)NC(=O)C(CC(C)C)n3cc(CCN(C)C)c(C(F)(F)F)c(F)c3=O)c2)c(C)c1. The van der Waals surface area contributed by atoms with Crippen molar-refractivity contribution in [3.8, 4) is 16.9 Å². The number of likely N-dealkylation sites (N-methyl/N-ethyl adjacent to an activating group) is 1. The molecule has 8 nitrogen and oxygen atoms in total. The van der Waals surface area contributed by atoms with Gasteiger partial charge in [0.15, 0.2) is 0 Å². The van der Waals surface area contributed by atoms with Gasteiger partial charge in [0.1, 0.15) is 23.2 Å². The van der Waals surface area contributed by atoms with E-state index in [2.05, 4.69) is 5.32 Å². The van der Waals surface area contributed by atoms with Gasteiger partial charge < -0.3 is 24.6 Å². The zero-order valence-electron chi connectivity index (χ0n) is 28.3. The van der Waals surface area contributed by atoms with Crippen molar-refractivity contribution in [1.29, 1.82) is 0 Å². The highest BCUT2D eigenvalue weighted by atomic mass is 19.4. The van der Waals surface area contributed by atoms with Crippen LogP contribution in [0.4, 0.5) is 22.0 Å². The molecule has 1 aromatic heterocycles. The Hall–Kier alpha value is -4.26. The average molecular weight is 680 g/mol. The van der Waals surface area contributed by atoms with E-state index in [0.717, 1.165) is 22.9 Å².